The molecule has 0 radical (unpaired) electrons. The number of pyridine rings is 1. The van der Waals surface area contributed by atoms with Crippen LogP contribution in [0.25, 0.3) is 5.57 Å². The van der Waals surface area contributed by atoms with Gasteiger partial charge in [-0.3, -0.25) is 19.4 Å². The van der Waals surface area contributed by atoms with Crippen molar-refractivity contribution in [3.05, 3.63) is 46.8 Å². The molecule has 0 bridgehead atoms. The van der Waals surface area contributed by atoms with E-state index in [1.165, 1.54) is 0 Å². The van der Waals surface area contributed by atoms with E-state index in [-0.39, 0.29) is 5.91 Å². The molecule has 0 spiro atoms. The van der Waals surface area contributed by atoms with E-state index in [0.717, 1.165) is 29.8 Å². The van der Waals surface area contributed by atoms with Crippen LogP contribution in [-0.4, -0.2) is 25.7 Å². The molecule has 1 aliphatic carbocycles. The van der Waals surface area contributed by atoms with Crippen LogP contribution >= 0.6 is 12.2 Å². The molecular formula is C15H17N5OS. The summed E-state index contributed by atoms with van der Waals surface area (Å²) in [5.41, 5.74) is 1.87. The summed E-state index contributed by atoms with van der Waals surface area (Å²) in [7, 11) is 0. The van der Waals surface area contributed by atoms with Crippen molar-refractivity contribution in [1.29, 1.82) is 0 Å². The molecule has 2 N–H and O–H groups in total. The molecule has 0 aliphatic heterocycles. The number of aromatic amines is 1. The average Bonchev–Trinajstić information content (AvgIpc) is 3.29. The van der Waals surface area contributed by atoms with Crippen LogP contribution in [0.5, 0.6) is 0 Å². The summed E-state index contributed by atoms with van der Waals surface area (Å²) in [5, 5.41) is 9.83. The Bertz CT molecular complexity index is 758. The molecule has 6 nitrogen and oxygen atoms in total. The topological polar surface area (TPSA) is 75.6 Å². The Hall–Kier alpha value is -2.28. The van der Waals surface area contributed by atoms with Crippen molar-refractivity contribution in [2.75, 3.05) is 0 Å². The van der Waals surface area contributed by atoms with Crippen LogP contribution in [0.2, 0.25) is 0 Å². The second kappa shape index (κ2) is 6.23. The summed E-state index contributed by atoms with van der Waals surface area (Å²) in [6, 6.07) is 4.18. The number of hydrogen-bond acceptors (Lipinski definition) is 4. The third kappa shape index (κ3) is 3.30. The molecule has 22 heavy (non-hydrogen) atoms. The SMILES string of the molecule is CC(=CC(=O)NCc1n[nH]c(=S)n1C1CC1)c1ccncc1. The summed E-state index contributed by atoms with van der Waals surface area (Å²) in [6.45, 7) is 2.26. The van der Waals surface area contributed by atoms with Gasteiger partial charge in [0.1, 0.15) is 0 Å². The highest BCUT2D eigenvalue weighted by molar-refractivity contribution is 7.71. The Labute approximate surface area is 133 Å². The minimum atomic E-state index is -0.148. The van der Waals surface area contributed by atoms with Crippen molar-refractivity contribution in [1.82, 2.24) is 25.1 Å². The zero-order valence-corrected chi connectivity index (χ0v) is 13.1. The number of allylic oxidation sites excluding steroid dienone is 1. The zero-order chi connectivity index (χ0) is 15.5. The summed E-state index contributed by atoms with van der Waals surface area (Å²) in [4.78, 5) is 16.0. The van der Waals surface area contributed by atoms with Crippen LogP contribution in [0, 0.1) is 4.77 Å². The standard InChI is InChI=1S/C15H17N5OS/c1-10(11-4-6-16-7-5-11)8-14(21)17-9-13-18-19-15(22)20(13)12-2-3-12/h4-8,12H,2-3,9H2,1H3,(H,17,21)(H,19,22). The first-order valence-corrected chi connectivity index (χ1v) is 7.58. The Morgan fingerprint density at radius 2 is 2.23 bits per heavy atom. The van der Waals surface area contributed by atoms with Gasteiger partial charge in [-0.05, 0) is 55.3 Å². The highest BCUT2D eigenvalue weighted by Crippen LogP contribution is 2.35. The molecule has 0 unspecified atom stereocenters. The van der Waals surface area contributed by atoms with Crippen molar-refractivity contribution in [3.8, 4) is 0 Å². The summed E-state index contributed by atoms with van der Waals surface area (Å²) >= 11 is 5.22. The third-order valence-corrected chi connectivity index (χ3v) is 3.88. The van der Waals surface area contributed by atoms with E-state index in [1.807, 2.05) is 23.6 Å². The van der Waals surface area contributed by atoms with E-state index >= 15 is 0 Å². The van der Waals surface area contributed by atoms with E-state index in [2.05, 4.69) is 20.5 Å². The van der Waals surface area contributed by atoms with Gasteiger partial charge in [0.15, 0.2) is 10.6 Å². The summed E-state index contributed by atoms with van der Waals surface area (Å²) < 4.78 is 2.62. The third-order valence-electron chi connectivity index (χ3n) is 3.59. The maximum absolute atomic E-state index is 12.0. The predicted octanol–water partition coefficient (Wildman–Crippen LogP) is 2.39. The van der Waals surface area contributed by atoms with E-state index in [4.69, 9.17) is 12.2 Å². The number of rotatable bonds is 5. The lowest BCUT2D eigenvalue weighted by Crippen LogP contribution is -2.23. The molecule has 1 saturated carbocycles. The second-order valence-electron chi connectivity index (χ2n) is 5.33. The molecule has 0 aromatic carbocycles. The fourth-order valence-electron chi connectivity index (χ4n) is 2.28. The maximum Gasteiger partial charge on any atom is 0.244 e. The summed E-state index contributed by atoms with van der Waals surface area (Å²) in [5.74, 6) is 0.626. The van der Waals surface area contributed by atoms with Gasteiger partial charge in [-0.25, -0.2) is 0 Å². The summed E-state index contributed by atoms with van der Waals surface area (Å²) in [6.07, 6.45) is 7.24. The maximum atomic E-state index is 12.0. The lowest BCUT2D eigenvalue weighted by atomic mass is 10.1. The largest absolute Gasteiger partial charge is 0.345 e. The van der Waals surface area contributed by atoms with Crippen molar-refractivity contribution in [3.63, 3.8) is 0 Å². The molecular weight excluding hydrogens is 298 g/mol. The highest BCUT2D eigenvalue weighted by atomic mass is 32.1. The Kier molecular flexibility index (Phi) is 4.15. The normalized spacial score (nSPS) is 14.9. The minimum Gasteiger partial charge on any atom is -0.345 e. The molecule has 0 saturated heterocycles. The van der Waals surface area contributed by atoms with Crippen molar-refractivity contribution < 1.29 is 4.79 Å². The lowest BCUT2D eigenvalue weighted by Gasteiger charge is -2.06. The zero-order valence-electron chi connectivity index (χ0n) is 12.2. The molecule has 1 amide bonds. The van der Waals surface area contributed by atoms with Gasteiger partial charge >= 0.3 is 0 Å². The molecule has 114 valence electrons. The Balaban J connectivity index is 1.64. The number of aromatic nitrogens is 4. The first-order chi connectivity index (χ1) is 10.6. The van der Waals surface area contributed by atoms with Crippen molar-refractivity contribution in [2.24, 2.45) is 0 Å². The van der Waals surface area contributed by atoms with E-state index in [0.29, 0.717) is 17.4 Å². The van der Waals surface area contributed by atoms with E-state index in [9.17, 15) is 4.79 Å². The van der Waals surface area contributed by atoms with Gasteiger partial charge in [0.2, 0.25) is 5.91 Å². The highest BCUT2D eigenvalue weighted by Gasteiger charge is 2.27. The molecule has 3 rings (SSSR count). The molecule has 2 aromatic rings. The van der Waals surface area contributed by atoms with Gasteiger partial charge < -0.3 is 5.32 Å². The van der Waals surface area contributed by atoms with E-state index in [1.54, 1.807) is 18.5 Å². The predicted molar refractivity (Wildman–Crippen MR) is 85.4 cm³/mol. The van der Waals surface area contributed by atoms with Gasteiger partial charge in [-0.1, -0.05) is 0 Å². The van der Waals surface area contributed by atoms with Crippen LogP contribution < -0.4 is 5.32 Å². The van der Waals surface area contributed by atoms with Crippen LogP contribution in [0.4, 0.5) is 0 Å². The quantitative estimate of drug-likeness (QED) is 0.656. The van der Waals surface area contributed by atoms with Crippen LogP contribution in [0.3, 0.4) is 0 Å². The molecule has 1 aliphatic rings. The molecule has 7 heteroatoms. The smallest absolute Gasteiger partial charge is 0.244 e. The number of H-pyrrole nitrogens is 1. The fourth-order valence-corrected chi connectivity index (χ4v) is 2.58. The average molecular weight is 315 g/mol. The van der Waals surface area contributed by atoms with Crippen LogP contribution in [0.15, 0.2) is 30.6 Å². The molecule has 0 atom stereocenters. The monoisotopic (exact) mass is 315 g/mol. The first kappa shape index (κ1) is 14.6. The minimum absolute atomic E-state index is 0.148. The number of hydrogen-bond donors (Lipinski definition) is 2. The Morgan fingerprint density at radius 1 is 1.50 bits per heavy atom. The number of carbonyl (C=O) groups excluding carboxylic acids is 1. The molecule has 2 heterocycles. The molecule has 1 fully saturated rings. The van der Waals surface area contributed by atoms with Gasteiger partial charge in [0.25, 0.3) is 0 Å². The fraction of sp³-hybridized carbons (Fsp3) is 0.333. The van der Waals surface area contributed by atoms with Gasteiger partial charge in [-0.15, -0.1) is 0 Å². The van der Waals surface area contributed by atoms with Gasteiger partial charge in [-0.2, -0.15) is 5.10 Å². The number of amides is 1. The van der Waals surface area contributed by atoms with E-state index < -0.39 is 0 Å². The number of nitrogens with zero attached hydrogens (tertiary/aromatic N) is 3. The molecule has 2 aromatic heterocycles. The second-order valence-corrected chi connectivity index (χ2v) is 5.71. The lowest BCUT2D eigenvalue weighted by molar-refractivity contribution is -0.116. The van der Waals surface area contributed by atoms with Gasteiger partial charge in [0, 0.05) is 24.5 Å². The van der Waals surface area contributed by atoms with Crippen LogP contribution in [0.1, 0.15) is 37.2 Å². The Morgan fingerprint density at radius 3 is 2.91 bits per heavy atom. The van der Waals surface area contributed by atoms with Crippen molar-refractivity contribution in [2.45, 2.75) is 32.4 Å². The van der Waals surface area contributed by atoms with Crippen LogP contribution in [-0.2, 0) is 11.3 Å². The van der Waals surface area contributed by atoms with Gasteiger partial charge in [0.05, 0.1) is 6.54 Å². The first-order valence-electron chi connectivity index (χ1n) is 7.17. The number of nitrogens with one attached hydrogen (secondary N) is 2. The van der Waals surface area contributed by atoms with Crippen molar-refractivity contribution >= 4 is 23.7 Å². The number of carbonyl (C=O) groups is 1.